The quantitative estimate of drug-likeness (QED) is 0.341. The number of anilines is 1. The Morgan fingerprint density at radius 3 is 2.68 bits per heavy atom. The molecule has 0 bridgehead atoms. The SMILES string of the molecule is CCNC(=NCc1cccnc1N1CCC(C(N)=O)CC1)N1CCC2(CCCC2)C1.I. The van der Waals surface area contributed by atoms with Crippen LogP contribution in [0.1, 0.15) is 57.4 Å². The maximum Gasteiger partial charge on any atom is 0.220 e. The third kappa shape index (κ3) is 5.62. The fourth-order valence-electron chi connectivity index (χ4n) is 5.45. The number of primary amides is 1. The molecule has 4 rings (SSSR count). The number of rotatable bonds is 5. The first-order valence-corrected chi connectivity index (χ1v) is 11.6. The zero-order valence-electron chi connectivity index (χ0n) is 18.7. The molecule has 31 heavy (non-hydrogen) atoms. The molecule has 1 amide bonds. The van der Waals surface area contributed by atoms with Crippen molar-refractivity contribution in [3.05, 3.63) is 23.9 Å². The maximum absolute atomic E-state index is 11.5. The highest BCUT2D eigenvalue weighted by Crippen LogP contribution is 2.45. The van der Waals surface area contributed by atoms with E-state index in [1.165, 1.54) is 32.1 Å². The van der Waals surface area contributed by atoms with E-state index in [1.807, 2.05) is 12.3 Å². The molecule has 0 radical (unpaired) electrons. The van der Waals surface area contributed by atoms with E-state index in [1.54, 1.807) is 0 Å². The number of pyridine rings is 1. The summed E-state index contributed by atoms with van der Waals surface area (Å²) in [4.78, 5) is 25.9. The van der Waals surface area contributed by atoms with Crippen LogP contribution in [0, 0.1) is 11.3 Å². The zero-order chi connectivity index (χ0) is 21.0. The molecule has 1 aromatic rings. The fourth-order valence-corrected chi connectivity index (χ4v) is 5.45. The van der Waals surface area contributed by atoms with Crippen LogP contribution in [-0.2, 0) is 11.3 Å². The number of nitrogens with one attached hydrogen (secondary N) is 1. The number of hydrogen-bond acceptors (Lipinski definition) is 4. The van der Waals surface area contributed by atoms with Gasteiger partial charge in [-0.1, -0.05) is 18.9 Å². The summed E-state index contributed by atoms with van der Waals surface area (Å²) in [5.41, 5.74) is 7.16. The van der Waals surface area contributed by atoms with Crippen LogP contribution in [0.3, 0.4) is 0 Å². The predicted octanol–water partition coefficient (Wildman–Crippen LogP) is 3.13. The van der Waals surface area contributed by atoms with Gasteiger partial charge in [0.05, 0.1) is 6.54 Å². The van der Waals surface area contributed by atoms with Gasteiger partial charge in [-0.05, 0) is 50.5 Å². The smallest absolute Gasteiger partial charge is 0.220 e. The van der Waals surface area contributed by atoms with Gasteiger partial charge in [0.25, 0.3) is 0 Å². The first-order chi connectivity index (χ1) is 14.6. The van der Waals surface area contributed by atoms with Crippen LogP contribution in [0.4, 0.5) is 5.82 Å². The van der Waals surface area contributed by atoms with E-state index in [-0.39, 0.29) is 35.8 Å². The van der Waals surface area contributed by atoms with Gasteiger partial charge in [-0.15, -0.1) is 24.0 Å². The number of amides is 1. The standard InChI is InChI=1S/C23H36N6O.HI/c1-2-25-22(29-15-11-23(17-29)9-3-4-10-23)27-16-19-6-5-12-26-21(19)28-13-7-18(8-14-28)20(24)30;/h5-6,12,18H,2-4,7-11,13-17H2,1H3,(H2,24,30)(H,25,27);1H. The van der Waals surface area contributed by atoms with Gasteiger partial charge in [0, 0.05) is 50.4 Å². The minimum Gasteiger partial charge on any atom is -0.369 e. The average Bonchev–Trinajstić information content (AvgIpc) is 3.41. The third-order valence-corrected chi connectivity index (χ3v) is 7.20. The van der Waals surface area contributed by atoms with Crippen molar-refractivity contribution in [2.75, 3.05) is 37.6 Å². The number of aliphatic imine (C=N–C) groups is 1. The number of guanidine groups is 1. The maximum atomic E-state index is 11.5. The molecule has 1 aromatic heterocycles. The lowest BCUT2D eigenvalue weighted by atomic mass is 9.86. The lowest BCUT2D eigenvalue weighted by Gasteiger charge is -2.32. The molecule has 3 heterocycles. The van der Waals surface area contributed by atoms with Crippen LogP contribution in [0.5, 0.6) is 0 Å². The van der Waals surface area contributed by atoms with Crippen LogP contribution in [0.15, 0.2) is 23.3 Å². The Hall–Kier alpha value is -1.58. The molecule has 3 N–H and O–H groups in total. The lowest BCUT2D eigenvalue weighted by Crippen LogP contribution is -2.41. The van der Waals surface area contributed by atoms with E-state index in [4.69, 9.17) is 10.7 Å². The van der Waals surface area contributed by atoms with Crippen LogP contribution in [0.25, 0.3) is 0 Å². The van der Waals surface area contributed by atoms with Gasteiger partial charge in [0.2, 0.25) is 5.91 Å². The molecule has 0 aromatic carbocycles. The molecule has 1 saturated carbocycles. The summed E-state index contributed by atoms with van der Waals surface area (Å²) < 4.78 is 0. The zero-order valence-corrected chi connectivity index (χ0v) is 21.0. The van der Waals surface area contributed by atoms with Crippen LogP contribution in [0.2, 0.25) is 0 Å². The number of nitrogens with zero attached hydrogens (tertiary/aromatic N) is 4. The Morgan fingerprint density at radius 2 is 2.00 bits per heavy atom. The van der Waals surface area contributed by atoms with E-state index in [0.717, 1.165) is 62.9 Å². The number of aromatic nitrogens is 1. The molecule has 2 aliphatic heterocycles. The Balaban J connectivity index is 0.00000272. The van der Waals surface area contributed by atoms with E-state index in [0.29, 0.717) is 12.0 Å². The fraction of sp³-hybridized carbons (Fsp3) is 0.696. The van der Waals surface area contributed by atoms with Crippen LogP contribution in [-0.4, -0.2) is 54.5 Å². The molecule has 3 aliphatic rings. The second-order valence-electron chi connectivity index (χ2n) is 9.20. The summed E-state index contributed by atoms with van der Waals surface area (Å²) in [7, 11) is 0. The molecule has 2 saturated heterocycles. The highest BCUT2D eigenvalue weighted by molar-refractivity contribution is 14.0. The largest absolute Gasteiger partial charge is 0.369 e. The summed E-state index contributed by atoms with van der Waals surface area (Å²) in [6, 6.07) is 4.11. The Kier molecular flexibility index (Phi) is 8.41. The monoisotopic (exact) mass is 540 g/mol. The van der Waals surface area contributed by atoms with Crippen LogP contribution >= 0.6 is 24.0 Å². The van der Waals surface area contributed by atoms with Gasteiger partial charge in [0.15, 0.2) is 5.96 Å². The molecule has 8 heteroatoms. The average molecular weight is 540 g/mol. The van der Waals surface area contributed by atoms with Crippen molar-refractivity contribution in [3.8, 4) is 0 Å². The second kappa shape index (κ2) is 10.8. The minimum absolute atomic E-state index is 0. The minimum atomic E-state index is -0.179. The Bertz CT molecular complexity index is 771. The second-order valence-corrected chi connectivity index (χ2v) is 9.20. The van der Waals surface area contributed by atoms with Crippen molar-refractivity contribution in [2.24, 2.45) is 22.1 Å². The molecular formula is C23H37IN6O. The number of nitrogens with two attached hydrogens (primary N) is 1. The number of hydrogen-bond donors (Lipinski definition) is 2. The number of halogens is 1. The van der Waals surface area contributed by atoms with Gasteiger partial charge < -0.3 is 20.9 Å². The molecular weight excluding hydrogens is 503 g/mol. The summed E-state index contributed by atoms with van der Waals surface area (Å²) in [6.45, 7) is 7.50. The summed E-state index contributed by atoms with van der Waals surface area (Å²) in [5.74, 6) is 1.84. The molecule has 1 aliphatic carbocycles. The molecule has 172 valence electrons. The summed E-state index contributed by atoms with van der Waals surface area (Å²) in [5, 5.41) is 3.51. The van der Waals surface area contributed by atoms with Gasteiger partial charge in [-0.25, -0.2) is 9.98 Å². The van der Waals surface area contributed by atoms with Crippen molar-refractivity contribution in [1.29, 1.82) is 0 Å². The number of piperidine rings is 1. The van der Waals surface area contributed by atoms with Gasteiger partial charge in [0.1, 0.15) is 5.82 Å². The van der Waals surface area contributed by atoms with E-state index in [2.05, 4.69) is 33.1 Å². The molecule has 7 nitrogen and oxygen atoms in total. The Labute approximate surface area is 203 Å². The highest BCUT2D eigenvalue weighted by atomic mass is 127. The van der Waals surface area contributed by atoms with Crippen molar-refractivity contribution in [3.63, 3.8) is 0 Å². The summed E-state index contributed by atoms with van der Waals surface area (Å²) >= 11 is 0. The van der Waals surface area contributed by atoms with Gasteiger partial charge in [-0.3, -0.25) is 4.79 Å². The molecule has 1 spiro atoms. The van der Waals surface area contributed by atoms with E-state index in [9.17, 15) is 4.79 Å². The first kappa shape index (κ1) is 24.1. The van der Waals surface area contributed by atoms with Crippen molar-refractivity contribution >= 4 is 41.7 Å². The van der Waals surface area contributed by atoms with E-state index < -0.39 is 0 Å². The number of likely N-dealkylation sites (tertiary alicyclic amines) is 1. The van der Waals surface area contributed by atoms with Gasteiger partial charge >= 0.3 is 0 Å². The first-order valence-electron chi connectivity index (χ1n) is 11.6. The lowest BCUT2D eigenvalue weighted by molar-refractivity contribution is -0.122. The molecule has 3 fully saturated rings. The van der Waals surface area contributed by atoms with E-state index >= 15 is 0 Å². The highest BCUT2D eigenvalue weighted by Gasteiger charge is 2.41. The normalized spacial score (nSPS) is 21.4. The molecule has 0 atom stereocenters. The van der Waals surface area contributed by atoms with Crippen molar-refractivity contribution in [1.82, 2.24) is 15.2 Å². The van der Waals surface area contributed by atoms with Crippen molar-refractivity contribution < 1.29 is 4.79 Å². The topological polar surface area (TPSA) is 86.9 Å². The molecule has 0 unspecified atom stereocenters. The summed E-state index contributed by atoms with van der Waals surface area (Å²) in [6.07, 6.45) is 10.2. The van der Waals surface area contributed by atoms with Crippen LogP contribution < -0.4 is 16.0 Å². The predicted molar refractivity (Wildman–Crippen MR) is 136 cm³/mol. The number of carbonyl (C=O) groups excluding carboxylic acids is 1. The Morgan fingerprint density at radius 1 is 1.26 bits per heavy atom. The third-order valence-electron chi connectivity index (χ3n) is 7.20. The van der Waals surface area contributed by atoms with Crippen molar-refractivity contribution in [2.45, 2.75) is 58.4 Å². The number of carbonyl (C=O) groups is 1. The van der Waals surface area contributed by atoms with Gasteiger partial charge in [-0.2, -0.15) is 0 Å².